The summed E-state index contributed by atoms with van der Waals surface area (Å²) in [5, 5.41) is 6.98. The topological polar surface area (TPSA) is 59.8 Å². The summed E-state index contributed by atoms with van der Waals surface area (Å²) in [5.41, 5.74) is 2.87. The summed E-state index contributed by atoms with van der Waals surface area (Å²) in [4.78, 5) is 15.7. The van der Waals surface area contributed by atoms with Gasteiger partial charge in [-0.1, -0.05) is 13.0 Å². The third kappa shape index (κ3) is 3.64. The number of hydrogen-bond acceptors (Lipinski definition) is 3. The highest BCUT2D eigenvalue weighted by molar-refractivity contribution is 5.75. The van der Waals surface area contributed by atoms with E-state index in [1.165, 1.54) is 0 Å². The van der Waals surface area contributed by atoms with E-state index in [4.69, 9.17) is 0 Å². The van der Waals surface area contributed by atoms with Crippen LogP contribution in [0.15, 0.2) is 30.7 Å². The van der Waals surface area contributed by atoms with Crippen LogP contribution >= 0.6 is 0 Å². The average Bonchev–Trinajstić information content (AvgIpc) is 2.84. The first-order valence-corrected chi connectivity index (χ1v) is 6.39. The lowest BCUT2D eigenvalue weighted by Gasteiger charge is -2.04. The number of rotatable bonds is 5. The first-order chi connectivity index (χ1) is 9.19. The molecule has 0 aliphatic heterocycles. The van der Waals surface area contributed by atoms with Crippen molar-refractivity contribution in [2.24, 2.45) is 7.05 Å². The fraction of sp³-hybridized carbons (Fsp3) is 0.357. The molecule has 0 atom stereocenters. The number of carbonyl (C=O) groups excluding carboxylic acids is 1. The lowest BCUT2D eigenvalue weighted by Crippen LogP contribution is -2.22. The minimum atomic E-state index is 0.0823. The fourth-order valence-corrected chi connectivity index (χ4v) is 1.77. The van der Waals surface area contributed by atoms with Gasteiger partial charge in [0, 0.05) is 38.0 Å². The van der Waals surface area contributed by atoms with E-state index in [2.05, 4.69) is 15.4 Å². The van der Waals surface area contributed by atoms with Crippen molar-refractivity contribution in [3.05, 3.63) is 36.3 Å². The summed E-state index contributed by atoms with van der Waals surface area (Å²) in [6.45, 7) is 2.52. The molecule has 0 bridgehead atoms. The Morgan fingerprint density at radius 1 is 1.37 bits per heavy atom. The fourth-order valence-electron chi connectivity index (χ4n) is 1.77. The molecule has 0 fully saturated rings. The summed E-state index contributed by atoms with van der Waals surface area (Å²) >= 11 is 0. The quantitative estimate of drug-likeness (QED) is 0.891. The summed E-state index contributed by atoms with van der Waals surface area (Å²) < 4.78 is 1.75. The zero-order valence-corrected chi connectivity index (χ0v) is 11.3. The second-order valence-corrected chi connectivity index (χ2v) is 4.48. The molecule has 1 N–H and O–H groups in total. The number of aryl methyl sites for hydroxylation is 1. The Bertz CT molecular complexity index is 545. The Morgan fingerprint density at radius 3 is 2.79 bits per heavy atom. The third-order valence-corrected chi connectivity index (χ3v) is 2.79. The number of hydrogen-bond donors (Lipinski definition) is 1. The van der Waals surface area contributed by atoms with Gasteiger partial charge < -0.3 is 5.32 Å². The zero-order valence-electron chi connectivity index (χ0n) is 11.3. The molecular formula is C14H18N4O. The maximum atomic E-state index is 11.4. The highest BCUT2D eigenvalue weighted by atomic mass is 16.1. The lowest BCUT2D eigenvalue weighted by atomic mass is 10.2. The largest absolute Gasteiger partial charge is 0.352 e. The molecule has 2 heterocycles. The predicted octanol–water partition coefficient (Wildman–Crippen LogP) is 1.90. The third-order valence-electron chi connectivity index (χ3n) is 2.79. The molecule has 2 rings (SSSR count). The number of pyridine rings is 1. The number of amides is 1. The number of nitrogens with one attached hydrogen (secondary N) is 1. The minimum Gasteiger partial charge on any atom is -0.352 e. The van der Waals surface area contributed by atoms with Gasteiger partial charge in [-0.25, -0.2) is 0 Å². The molecule has 5 heteroatoms. The van der Waals surface area contributed by atoms with E-state index in [1.54, 1.807) is 17.1 Å². The number of nitrogens with zero attached hydrogens (tertiary/aromatic N) is 3. The van der Waals surface area contributed by atoms with E-state index in [-0.39, 0.29) is 5.91 Å². The molecule has 0 saturated heterocycles. The molecule has 5 nitrogen and oxygen atoms in total. The van der Waals surface area contributed by atoms with Crippen LogP contribution in [0.1, 0.15) is 25.3 Å². The SMILES string of the molecule is CCCC(=O)NCc1ccc(-c2cnn(C)c2)nc1. The van der Waals surface area contributed by atoms with Crippen LogP contribution in [-0.4, -0.2) is 20.7 Å². The Kier molecular flexibility index (Phi) is 4.28. The van der Waals surface area contributed by atoms with Crippen LogP contribution in [0.2, 0.25) is 0 Å². The van der Waals surface area contributed by atoms with E-state index in [9.17, 15) is 4.79 Å². The van der Waals surface area contributed by atoms with Crippen LogP contribution in [0.5, 0.6) is 0 Å². The predicted molar refractivity (Wildman–Crippen MR) is 73.2 cm³/mol. The average molecular weight is 258 g/mol. The number of carbonyl (C=O) groups is 1. The van der Waals surface area contributed by atoms with Crippen molar-refractivity contribution in [3.8, 4) is 11.3 Å². The molecule has 0 radical (unpaired) electrons. The van der Waals surface area contributed by atoms with Crippen LogP contribution in [-0.2, 0) is 18.4 Å². The standard InChI is InChI=1S/C14H18N4O/c1-3-4-14(19)16-8-11-5-6-13(15-7-11)12-9-17-18(2)10-12/h5-7,9-10H,3-4,8H2,1-2H3,(H,16,19). The Balaban J connectivity index is 1.97. The summed E-state index contributed by atoms with van der Waals surface area (Å²) in [7, 11) is 1.88. The first-order valence-electron chi connectivity index (χ1n) is 6.39. The van der Waals surface area contributed by atoms with Crippen LogP contribution in [0.25, 0.3) is 11.3 Å². The van der Waals surface area contributed by atoms with Gasteiger partial charge in [-0.15, -0.1) is 0 Å². The highest BCUT2D eigenvalue weighted by Crippen LogP contribution is 2.15. The van der Waals surface area contributed by atoms with Gasteiger partial charge in [-0.2, -0.15) is 5.10 Å². The molecule has 0 aliphatic carbocycles. The van der Waals surface area contributed by atoms with Crippen molar-refractivity contribution in [2.75, 3.05) is 0 Å². The molecule has 0 unspecified atom stereocenters. The van der Waals surface area contributed by atoms with Crippen LogP contribution in [0.4, 0.5) is 0 Å². The van der Waals surface area contributed by atoms with E-state index >= 15 is 0 Å². The molecule has 0 spiro atoms. The van der Waals surface area contributed by atoms with Gasteiger partial charge in [0.25, 0.3) is 0 Å². The molecule has 1 amide bonds. The van der Waals surface area contributed by atoms with Gasteiger partial charge >= 0.3 is 0 Å². The van der Waals surface area contributed by atoms with E-state index in [0.29, 0.717) is 13.0 Å². The molecule has 2 aromatic rings. The van der Waals surface area contributed by atoms with Gasteiger partial charge in [-0.3, -0.25) is 14.5 Å². The van der Waals surface area contributed by atoms with E-state index in [1.807, 2.05) is 32.3 Å². The molecular weight excluding hydrogens is 240 g/mol. The smallest absolute Gasteiger partial charge is 0.220 e. The van der Waals surface area contributed by atoms with Crippen molar-refractivity contribution >= 4 is 5.91 Å². The van der Waals surface area contributed by atoms with Crippen molar-refractivity contribution in [1.82, 2.24) is 20.1 Å². The molecule has 19 heavy (non-hydrogen) atoms. The van der Waals surface area contributed by atoms with Gasteiger partial charge in [0.05, 0.1) is 11.9 Å². The summed E-state index contributed by atoms with van der Waals surface area (Å²) in [5.74, 6) is 0.0823. The zero-order chi connectivity index (χ0) is 13.7. The van der Waals surface area contributed by atoms with Crippen LogP contribution < -0.4 is 5.32 Å². The van der Waals surface area contributed by atoms with Crippen molar-refractivity contribution in [2.45, 2.75) is 26.3 Å². The van der Waals surface area contributed by atoms with Gasteiger partial charge in [0.2, 0.25) is 5.91 Å². The Hall–Kier alpha value is -2.17. The van der Waals surface area contributed by atoms with Crippen LogP contribution in [0.3, 0.4) is 0 Å². The number of aromatic nitrogens is 3. The van der Waals surface area contributed by atoms with E-state index < -0.39 is 0 Å². The minimum absolute atomic E-state index is 0.0823. The monoisotopic (exact) mass is 258 g/mol. The Morgan fingerprint density at radius 2 is 2.21 bits per heavy atom. The molecule has 100 valence electrons. The van der Waals surface area contributed by atoms with Crippen molar-refractivity contribution in [3.63, 3.8) is 0 Å². The maximum absolute atomic E-state index is 11.4. The Labute approximate surface area is 112 Å². The van der Waals surface area contributed by atoms with E-state index in [0.717, 1.165) is 23.2 Å². The molecule has 0 aliphatic rings. The molecule has 0 saturated carbocycles. The first kappa shape index (κ1) is 13.3. The maximum Gasteiger partial charge on any atom is 0.220 e. The lowest BCUT2D eigenvalue weighted by molar-refractivity contribution is -0.121. The summed E-state index contributed by atoms with van der Waals surface area (Å²) in [6.07, 6.45) is 6.93. The second kappa shape index (κ2) is 6.13. The summed E-state index contributed by atoms with van der Waals surface area (Å²) in [6, 6.07) is 3.92. The molecule has 2 aromatic heterocycles. The van der Waals surface area contributed by atoms with Crippen LogP contribution in [0, 0.1) is 0 Å². The van der Waals surface area contributed by atoms with Crippen molar-refractivity contribution < 1.29 is 4.79 Å². The highest BCUT2D eigenvalue weighted by Gasteiger charge is 2.03. The molecule has 0 aromatic carbocycles. The van der Waals surface area contributed by atoms with Gasteiger partial charge in [0.15, 0.2) is 0 Å². The van der Waals surface area contributed by atoms with Gasteiger partial charge in [-0.05, 0) is 18.1 Å². The second-order valence-electron chi connectivity index (χ2n) is 4.48. The van der Waals surface area contributed by atoms with Crippen molar-refractivity contribution in [1.29, 1.82) is 0 Å². The normalized spacial score (nSPS) is 10.4. The van der Waals surface area contributed by atoms with Gasteiger partial charge in [0.1, 0.15) is 0 Å².